The highest BCUT2D eigenvalue weighted by molar-refractivity contribution is 6.33. The normalized spacial score (nSPS) is 11.1. The van der Waals surface area contributed by atoms with Gasteiger partial charge in [-0.25, -0.2) is 0 Å². The van der Waals surface area contributed by atoms with Crippen LogP contribution >= 0.6 is 0 Å². The van der Waals surface area contributed by atoms with Crippen molar-refractivity contribution < 1.29 is 4.74 Å². The van der Waals surface area contributed by atoms with Crippen molar-refractivity contribution in [3.8, 4) is 0 Å². The SMILES string of the molecule is Bc1ccc2cc(C)n(CCCOC)c2c1. The number of nitrogens with zero attached hydrogens (tertiary/aromatic N) is 1. The van der Waals surface area contributed by atoms with E-state index < -0.39 is 0 Å². The van der Waals surface area contributed by atoms with Crippen LogP contribution in [-0.2, 0) is 11.3 Å². The van der Waals surface area contributed by atoms with Crippen LogP contribution in [0.4, 0.5) is 0 Å². The maximum atomic E-state index is 5.10. The van der Waals surface area contributed by atoms with Crippen LogP contribution in [0, 0.1) is 6.92 Å². The molecule has 16 heavy (non-hydrogen) atoms. The molecular weight excluding hydrogens is 197 g/mol. The Bertz CT molecular complexity index is 490. The van der Waals surface area contributed by atoms with Gasteiger partial charge >= 0.3 is 0 Å². The number of aromatic nitrogens is 1. The fourth-order valence-electron chi connectivity index (χ4n) is 2.17. The van der Waals surface area contributed by atoms with E-state index in [9.17, 15) is 0 Å². The molecule has 1 aromatic heterocycles. The summed E-state index contributed by atoms with van der Waals surface area (Å²) in [6.45, 7) is 4.03. The fourth-order valence-corrected chi connectivity index (χ4v) is 2.17. The lowest BCUT2D eigenvalue weighted by Gasteiger charge is -2.08. The van der Waals surface area contributed by atoms with Crippen LogP contribution in [0.15, 0.2) is 24.3 Å². The molecule has 3 heteroatoms. The number of rotatable bonds is 4. The number of benzene rings is 1. The van der Waals surface area contributed by atoms with Gasteiger partial charge in [-0.3, -0.25) is 0 Å². The van der Waals surface area contributed by atoms with Crippen LogP contribution in [0.1, 0.15) is 12.1 Å². The Kier molecular flexibility index (Phi) is 3.35. The average molecular weight is 215 g/mol. The third-order valence-corrected chi connectivity index (χ3v) is 3.00. The molecule has 0 bridgehead atoms. The van der Waals surface area contributed by atoms with Crippen LogP contribution in [0.3, 0.4) is 0 Å². The van der Waals surface area contributed by atoms with E-state index in [1.807, 2.05) is 0 Å². The van der Waals surface area contributed by atoms with Gasteiger partial charge in [-0.15, -0.1) is 0 Å². The summed E-state index contributed by atoms with van der Waals surface area (Å²) in [5.41, 5.74) is 3.99. The van der Waals surface area contributed by atoms with Crippen molar-refractivity contribution in [3.63, 3.8) is 0 Å². The van der Waals surface area contributed by atoms with Crippen molar-refractivity contribution in [2.75, 3.05) is 13.7 Å². The first-order valence-corrected chi connectivity index (χ1v) is 5.78. The summed E-state index contributed by atoms with van der Waals surface area (Å²) in [6, 6.07) is 8.88. The Morgan fingerprint density at radius 1 is 1.31 bits per heavy atom. The van der Waals surface area contributed by atoms with E-state index >= 15 is 0 Å². The number of hydrogen-bond acceptors (Lipinski definition) is 1. The molecule has 1 heterocycles. The molecule has 2 aromatic rings. The maximum absolute atomic E-state index is 5.10. The topological polar surface area (TPSA) is 14.2 Å². The minimum absolute atomic E-state index is 0.824. The van der Waals surface area contributed by atoms with E-state index in [2.05, 4.69) is 43.6 Å². The van der Waals surface area contributed by atoms with Crippen molar-refractivity contribution in [3.05, 3.63) is 30.0 Å². The van der Waals surface area contributed by atoms with Crippen LogP contribution in [-0.4, -0.2) is 26.1 Å². The molecule has 0 N–H and O–H groups in total. The summed E-state index contributed by atoms with van der Waals surface area (Å²) in [7, 11) is 3.89. The van der Waals surface area contributed by atoms with Gasteiger partial charge in [0, 0.05) is 31.5 Å². The van der Waals surface area contributed by atoms with Gasteiger partial charge < -0.3 is 9.30 Å². The average Bonchev–Trinajstić information content (AvgIpc) is 2.56. The van der Waals surface area contributed by atoms with Crippen molar-refractivity contribution in [1.29, 1.82) is 0 Å². The van der Waals surface area contributed by atoms with E-state index in [0.717, 1.165) is 19.6 Å². The first kappa shape index (κ1) is 11.3. The minimum Gasteiger partial charge on any atom is -0.385 e. The predicted molar refractivity (Wildman–Crippen MR) is 71.3 cm³/mol. The number of hydrogen-bond donors (Lipinski definition) is 0. The quantitative estimate of drug-likeness (QED) is 0.553. The second-order valence-electron chi connectivity index (χ2n) is 4.35. The molecule has 0 saturated carbocycles. The number of aryl methyl sites for hydroxylation is 2. The predicted octanol–water partition coefficient (Wildman–Crippen LogP) is 1.24. The van der Waals surface area contributed by atoms with E-state index in [4.69, 9.17) is 4.74 Å². The van der Waals surface area contributed by atoms with E-state index in [1.54, 1.807) is 7.11 Å². The molecule has 0 aliphatic carbocycles. The molecule has 0 aliphatic heterocycles. The molecule has 2 rings (SSSR count). The fraction of sp³-hybridized carbons (Fsp3) is 0.385. The molecule has 0 atom stereocenters. The molecule has 0 radical (unpaired) electrons. The maximum Gasteiger partial charge on any atom is 0.139 e. The summed E-state index contributed by atoms with van der Waals surface area (Å²) in [5.74, 6) is 0. The van der Waals surface area contributed by atoms with Gasteiger partial charge in [0.2, 0.25) is 0 Å². The van der Waals surface area contributed by atoms with Gasteiger partial charge in [0.1, 0.15) is 7.85 Å². The molecule has 84 valence electrons. The summed E-state index contributed by atoms with van der Waals surface area (Å²) < 4.78 is 7.48. The van der Waals surface area contributed by atoms with E-state index in [0.29, 0.717) is 0 Å². The number of ether oxygens (including phenoxy) is 1. The second-order valence-corrected chi connectivity index (χ2v) is 4.35. The summed E-state index contributed by atoms with van der Waals surface area (Å²) in [5, 5.41) is 1.33. The molecule has 2 nitrogen and oxygen atoms in total. The zero-order valence-electron chi connectivity index (χ0n) is 10.3. The lowest BCUT2D eigenvalue weighted by atomic mass is 9.95. The highest BCUT2D eigenvalue weighted by atomic mass is 16.5. The van der Waals surface area contributed by atoms with Gasteiger partial charge in [0.15, 0.2) is 0 Å². The molecule has 0 amide bonds. The molecule has 0 spiro atoms. The Hall–Kier alpha value is -1.22. The molecule has 0 saturated heterocycles. The van der Waals surface area contributed by atoms with Gasteiger partial charge in [0.25, 0.3) is 0 Å². The van der Waals surface area contributed by atoms with Crippen LogP contribution in [0.2, 0.25) is 0 Å². The van der Waals surface area contributed by atoms with Crippen molar-refractivity contribution in [1.82, 2.24) is 4.57 Å². The van der Waals surface area contributed by atoms with Gasteiger partial charge in [-0.1, -0.05) is 17.6 Å². The molecular formula is C13H18BNO. The molecule has 0 aliphatic rings. The highest BCUT2D eigenvalue weighted by Crippen LogP contribution is 2.18. The summed E-state index contributed by atoms with van der Waals surface area (Å²) in [6.07, 6.45) is 1.06. The Morgan fingerprint density at radius 3 is 2.88 bits per heavy atom. The largest absolute Gasteiger partial charge is 0.385 e. The zero-order valence-corrected chi connectivity index (χ0v) is 10.3. The van der Waals surface area contributed by atoms with Gasteiger partial charge in [-0.2, -0.15) is 0 Å². The minimum atomic E-state index is 0.824. The Labute approximate surface area is 97.6 Å². The zero-order chi connectivity index (χ0) is 11.5. The first-order chi connectivity index (χ1) is 7.72. The van der Waals surface area contributed by atoms with E-state index in [-0.39, 0.29) is 0 Å². The van der Waals surface area contributed by atoms with Crippen molar-refractivity contribution >= 4 is 24.2 Å². The Morgan fingerprint density at radius 2 is 2.12 bits per heavy atom. The van der Waals surface area contributed by atoms with Crippen LogP contribution < -0.4 is 5.46 Å². The van der Waals surface area contributed by atoms with Crippen LogP contribution in [0.25, 0.3) is 10.9 Å². The standard InChI is InChI=1S/C13H18BNO/c1-10-8-11-4-5-12(14)9-13(11)15(10)6-3-7-16-2/h4-5,8-9H,3,6-7,14H2,1-2H3. The van der Waals surface area contributed by atoms with Gasteiger partial charge in [0.05, 0.1) is 0 Å². The third kappa shape index (κ3) is 2.14. The van der Waals surface area contributed by atoms with Gasteiger partial charge in [-0.05, 0) is 30.9 Å². The van der Waals surface area contributed by atoms with Crippen molar-refractivity contribution in [2.45, 2.75) is 19.9 Å². The van der Waals surface area contributed by atoms with E-state index in [1.165, 1.54) is 22.1 Å². The lowest BCUT2D eigenvalue weighted by molar-refractivity contribution is 0.190. The third-order valence-electron chi connectivity index (χ3n) is 3.00. The Balaban J connectivity index is 2.34. The lowest BCUT2D eigenvalue weighted by Crippen LogP contribution is -2.06. The summed E-state index contributed by atoms with van der Waals surface area (Å²) >= 11 is 0. The summed E-state index contributed by atoms with van der Waals surface area (Å²) in [4.78, 5) is 0. The monoisotopic (exact) mass is 215 g/mol. The number of fused-ring (bicyclic) bond motifs is 1. The molecule has 1 aromatic carbocycles. The second kappa shape index (κ2) is 4.75. The smallest absolute Gasteiger partial charge is 0.139 e. The van der Waals surface area contributed by atoms with Crippen LogP contribution in [0.5, 0.6) is 0 Å². The number of methoxy groups -OCH3 is 1. The van der Waals surface area contributed by atoms with Crippen molar-refractivity contribution in [2.24, 2.45) is 0 Å². The molecule has 0 unspecified atom stereocenters. The highest BCUT2D eigenvalue weighted by Gasteiger charge is 2.04. The molecule has 0 fully saturated rings. The first-order valence-electron chi connectivity index (χ1n) is 5.78.